The quantitative estimate of drug-likeness (QED) is 0.311. The molecule has 3 rings (SSSR count). The Kier molecular flexibility index (Phi) is 11.0. The molecule has 37 heavy (non-hydrogen) atoms. The lowest BCUT2D eigenvalue weighted by Gasteiger charge is -2.14. The molecule has 198 valence electrons. The van der Waals surface area contributed by atoms with E-state index in [1.807, 2.05) is 54.7 Å². The number of aromatic nitrogens is 2. The Morgan fingerprint density at radius 2 is 1.76 bits per heavy atom. The van der Waals surface area contributed by atoms with Gasteiger partial charge in [0.15, 0.2) is 0 Å². The van der Waals surface area contributed by atoms with Crippen LogP contribution in [-0.2, 0) is 16.1 Å². The fourth-order valence-electron chi connectivity index (χ4n) is 2.75. The molecule has 1 aromatic heterocycles. The van der Waals surface area contributed by atoms with Crippen LogP contribution in [0.2, 0.25) is 0 Å². The van der Waals surface area contributed by atoms with Gasteiger partial charge in [-0.25, -0.2) is 9.59 Å². The molecule has 0 fully saturated rings. The van der Waals surface area contributed by atoms with E-state index in [1.54, 1.807) is 37.0 Å². The van der Waals surface area contributed by atoms with Gasteiger partial charge in [0.1, 0.15) is 0 Å². The van der Waals surface area contributed by atoms with Gasteiger partial charge in [-0.3, -0.25) is 9.89 Å². The Bertz CT molecular complexity index is 1170. The second-order valence-corrected chi connectivity index (χ2v) is 8.82. The minimum Gasteiger partial charge on any atom is -0.475 e. The Morgan fingerprint density at radius 1 is 1.08 bits per heavy atom. The van der Waals surface area contributed by atoms with Crippen molar-refractivity contribution in [2.75, 3.05) is 25.2 Å². The van der Waals surface area contributed by atoms with Crippen LogP contribution in [0.5, 0.6) is 0 Å². The molecule has 0 aliphatic carbocycles. The minimum absolute atomic E-state index is 0.0728. The number of halogens is 3. The van der Waals surface area contributed by atoms with Crippen LogP contribution in [0.15, 0.2) is 65.8 Å². The number of aromatic amines is 1. The largest absolute Gasteiger partial charge is 0.490 e. The second kappa shape index (κ2) is 13.9. The van der Waals surface area contributed by atoms with Crippen LogP contribution >= 0.6 is 11.8 Å². The number of urea groups is 1. The number of carboxylic acid groups (broad SMARTS) is 1. The number of H-pyrrole nitrogens is 1. The molecule has 13 heteroatoms. The molecule has 0 aliphatic rings. The summed E-state index contributed by atoms with van der Waals surface area (Å²) in [6.45, 7) is 0.444. The van der Waals surface area contributed by atoms with Crippen molar-refractivity contribution in [2.24, 2.45) is 0 Å². The summed E-state index contributed by atoms with van der Waals surface area (Å²) in [6.07, 6.45) is -1.09. The number of alkyl halides is 3. The van der Waals surface area contributed by atoms with Gasteiger partial charge in [0.25, 0.3) is 0 Å². The van der Waals surface area contributed by atoms with Crippen molar-refractivity contribution < 1.29 is 32.7 Å². The molecule has 3 aromatic rings. The highest BCUT2D eigenvalue weighted by Crippen LogP contribution is 2.32. The zero-order chi connectivity index (χ0) is 27.4. The van der Waals surface area contributed by atoms with Gasteiger partial charge in [0, 0.05) is 49.5 Å². The number of carboxylic acids is 1. The normalized spacial score (nSPS) is 10.6. The van der Waals surface area contributed by atoms with Crippen molar-refractivity contribution in [2.45, 2.75) is 24.0 Å². The molecule has 0 aliphatic heterocycles. The topological polar surface area (TPSA) is 127 Å². The van der Waals surface area contributed by atoms with E-state index in [-0.39, 0.29) is 11.9 Å². The van der Waals surface area contributed by atoms with E-state index in [9.17, 15) is 22.8 Å². The number of aliphatic carboxylic acids is 1. The Labute approximate surface area is 215 Å². The molecule has 0 saturated heterocycles. The first kappa shape index (κ1) is 29.2. The number of carbonyl (C=O) groups excluding carboxylic acids is 2. The molecule has 0 bridgehead atoms. The zero-order valence-corrected chi connectivity index (χ0v) is 20.8. The number of nitrogens with one attached hydrogen (secondary N) is 3. The highest BCUT2D eigenvalue weighted by atomic mass is 32.2. The number of benzene rings is 2. The van der Waals surface area contributed by atoms with Gasteiger partial charge in [-0.2, -0.15) is 18.3 Å². The number of hydrogen-bond acceptors (Lipinski definition) is 5. The van der Waals surface area contributed by atoms with Gasteiger partial charge >= 0.3 is 18.2 Å². The summed E-state index contributed by atoms with van der Waals surface area (Å²) < 4.78 is 31.7. The third-order valence-electron chi connectivity index (χ3n) is 4.67. The summed E-state index contributed by atoms with van der Waals surface area (Å²) in [7, 11) is 3.49. The molecule has 1 heterocycles. The molecular weight excluding hydrogens is 511 g/mol. The molecular formula is C24H26F3N5O4S. The van der Waals surface area contributed by atoms with Crippen LogP contribution in [0, 0.1) is 0 Å². The molecule has 0 saturated carbocycles. The van der Waals surface area contributed by atoms with Crippen LogP contribution in [0.1, 0.15) is 12.0 Å². The summed E-state index contributed by atoms with van der Waals surface area (Å²) in [6, 6.07) is 15.3. The van der Waals surface area contributed by atoms with E-state index in [1.165, 1.54) is 0 Å². The number of amides is 3. The fraction of sp³-hybridized carbons (Fsp3) is 0.250. The predicted octanol–water partition coefficient (Wildman–Crippen LogP) is 4.60. The SMILES string of the molecule is CN(C)C(=O)CCSc1cc(-c2cn[nH]c2)ccc1NC(=O)NCc1ccccc1.O=C(O)C(F)(F)F. The maximum Gasteiger partial charge on any atom is 0.490 e. The minimum atomic E-state index is -5.08. The number of hydrogen-bond donors (Lipinski definition) is 4. The van der Waals surface area contributed by atoms with E-state index in [4.69, 9.17) is 9.90 Å². The second-order valence-electron chi connectivity index (χ2n) is 7.68. The van der Waals surface area contributed by atoms with Crippen molar-refractivity contribution >= 4 is 35.4 Å². The molecule has 0 atom stereocenters. The number of nitrogens with zero attached hydrogens (tertiary/aromatic N) is 2. The third kappa shape index (κ3) is 10.3. The molecule has 0 radical (unpaired) electrons. The van der Waals surface area contributed by atoms with Crippen molar-refractivity contribution in [1.82, 2.24) is 20.4 Å². The number of thioether (sulfide) groups is 1. The van der Waals surface area contributed by atoms with Gasteiger partial charge < -0.3 is 20.6 Å². The van der Waals surface area contributed by atoms with Gasteiger partial charge in [-0.15, -0.1) is 11.8 Å². The maximum atomic E-state index is 12.4. The van der Waals surface area contributed by atoms with Crippen molar-refractivity contribution in [3.05, 3.63) is 66.5 Å². The molecule has 0 unspecified atom stereocenters. The van der Waals surface area contributed by atoms with Crippen LogP contribution in [-0.4, -0.2) is 64.1 Å². The van der Waals surface area contributed by atoms with Gasteiger partial charge in [0.2, 0.25) is 5.91 Å². The molecule has 3 amide bonds. The Balaban J connectivity index is 0.000000604. The van der Waals surface area contributed by atoms with E-state index in [0.29, 0.717) is 24.4 Å². The Hall–Kier alpha value is -4.00. The van der Waals surface area contributed by atoms with E-state index in [2.05, 4.69) is 20.8 Å². The number of anilines is 1. The molecule has 9 nitrogen and oxygen atoms in total. The van der Waals surface area contributed by atoms with E-state index in [0.717, 1.165) is 21.6 Å². The number of carbonyl (C=O) groups is 3. The average Bonchev–Trinajstić information content (AvgIpc) is 3.39. The lowest BCUT2D eigenvalue weighted by molar-refractivity contribution is -0.192. The standard InChI is InChI=1S/C22H25N5O2S.C2HF3O2/c1-27(2)21(28)10-11-30-20-12-17(18-14-24-25-15-18)8-9-19(20)26-22(29)23-13-16-6-4-3-5-7-16;3-2(4,5)1(6)7/h3-9,12,14-15H,10-11,13H2,1-2H3,(H,24,25)(H2,23,26,29);(H,6,7). The van der Waals surface area contributed by atoms with E-state index < -0.39 is 12.1 Å². The zero-order valence-electron chi connectivity index (χ0n) is 20.0. The van der Waals surface area contributed by atoms with Gasteiger partial charge in [-0.05, 0) is 23.3 Å². The van der Waals surface area contributed by atoms with Crippen molar-refractivity contribution in [3.8, 4) is 11.1 Å². The first-order valence-corrected chi connectivity index (χ1v) is 11.8. The lowest BCUT2D eigenvalue weighted by atomic mass is 10.1. The van der Waals surface area contributed by atoms with Gasteiger partial charge in [0.05, 0.1) is 11.9 Å². The highest BCUT2D eigenvalue weighted by Gasteiger charge is 2.38. The van der Waals surface area contributed by atoms with Crippen LogP contribution in [0.25, 0.3) is 11.1 Å². The molecule has 4 N–H and O–H groups in total. The third-order valence-corrected chi connectivity index (χ3v) is 5.73. The summed E-state index contributed by atoms with van der Waals surface area (Å²) in [5.41, 5.74) is 3.68. The maximum absolute atomic E-state index is 12.4. The van der Waals surface area contributed by atoms with Crippen LogP contribution in [0.4, 0.5) is 23.7 Å². The first-order chi connectivity index (χ1) is 17.5. The number of rotatable bonds is 8. The smallest absolute Gasteiger partial charge is 0.475 e. The average molecular weight is 538 g/mol. The fourth-order valence-corrected chi connectivity index (χ4v) is 3.73. The summed E-state index contributed by atoms with van der Waals surface area (Å²) in [4.78, 5) is 35.7. The first-order valence-electron chi connectivity index (χ1n) is 10.8. The summed E-state index contributed by atoms with van der Waals surface area (Å²) >= 11 is 1.54. The van der Waals surface area contributed by atoms with Crippen LogP contribution in [0.3, 0.4) is 0 Å². The summed E-state index contributed by atoms with van der Waals surface area (Å²) in [5.74, 6) is -2.07. The van der Waals surface area contributed by atoms with Crippen molar-refractivity contribution in [3.63, 3.8) is 0 Å². The monoisotopic (exact) mass is 537 g/mol. The summed E-state index contributed by atoms with van der Waals surface area (Å²) in [5, 5.41) is 19.7. The highest BCUT2D eigenvalue weighted by molar-refractivity contribution is 7.99. The molecule has 2 aromatic carbocycles. The van der Waals surface area contributed by atoms with Crippen molar-refractivity contribution in [1.29, 1.82) is 0 Å². The Morgan fingerprint density at radius 3 is 2.32 bits per heavy atom. The lowest BCUT2D eigenvalue weighted by Crippen LogP contribution is -2.28. The van der Waals surface area contributed by atoms with Crippen LogP contribution < -0.4 is 10.6 Å². The van der Waals surface area contributed by atoms with E-state index >= 15 is 0 Å². The molecule has 0 spiro atoms. The van der Waals surface area contributed by atoms with Gasteiger partial charge in [-0.1, -0.05) is 36.4 Å². The predicted molar refractivity (Wildman–Crippen MR) is 134 cm³/mol.